The molecule has 2 rings (SSSR count). The molecule has 0 aromatic rings. The third-order valence-corrected chi connectivity index (χ3v) is 3.92. The van der Waals surface area contributed by atoms with Crippen molar-refractivity contribution in [2.24, 2.45) is 5.84 Å². The maximum Gasteiger partial charge on any atom is 0.0257 e. The lowest BCUT2D eigenvalue weighted by atomic mass is 10.2. The van der Waals surface area contributed by atoms with E-state index in [1.54, 1.807) is 0 Å². The van der Waals surface area contributed by atoms with E-state index in [2.05, 4.69) is 16.7 Å². The molecule has 1 atom stereocenters. The minimum absolute atomic E-state index is 0.851. The lowest BCUT2D eigenvalue weighted by Crippen LogP contribution is -2.52. The summed E-state index contributed by atoms with van der Waals surface area (Å²) in [6, 6.07) is 0.851. The van der Waals surface area contributed by atoms with Crippen LogP contribution in [0.5, 0.6) is 0 Å². The van der Waals surface area contributed by atoms with Gasteiger partial charge in [-0.2, -0.15) is 11.8 Å². The van der Waals surface area contributed by atoms with Gasteiger partial charge in [-0.3, -0.25) is 10.7 Å². The minimum atomic E-state index is 0.851. The summed E-state index contributed by atoms with van der Waals surface area (Å²) >= 11 is 2.09. The summed E-state index contributed by atoms with van der Waals surface area (Å²) < 4.78 is 0. The van der Waals surface area contributed by atoms with E-state index in [1.807, 2.05) is 5.01 Å². The van der Waals surface area contributed by atoms with Gasteiger partial charge in [0.25, 0.3) is 0 Å². The van der Waals surface area contributed by atoms with Gasteiger partial charge in [0, 0.05) is 38.0 Å². The number of nitrogens with two attached hydrogens (primary N) is 1. The fraction of sp³-hybridized carbons (Fsp3) is 1.00. The predicted octanol–water partition coefficient (Wildman–Crippen LogP) is -0.0168. The van der Waals surface area contributed by atoms with E-state index in [0.717, 1.165) is 19.1 Å². The molecule has 70 valence electrons. The van der Waals surface area contributed by atoms with Crippen LogP contribution in [-0.2, 0) is 0 Å². The van der Waals surface area contributed by atoms with Crippen LogP contribution in [0.15, 0.2) is 0 Å². The van der Waals surface area contributed by atoms with Gasteiger partial charge in [0.05, 0.1) is 0 Å². The topological polar surface area (TPSA) is 32.5 Å². The maximum atomic E-state index is 5.70. The quantitative estimate of drug-likeness (QED) is 0.585. The number of thioether (sulfide) groups is 1. The monoisotopic (exact) mass is 187 g/mol. The molecule has 0 aliphatic carbocycles. The molecule has 2 N–H and O–H groups in total. The Labute approximate surface area is 78.2 Å². The van der Waals surface area contributed by atoms with Crippen LogP contribution in [0, 0.1) is 0 Å². The van der Waals surface area contributed by atoms with Crippen molar-refractivity contribution < 1.29 is 0 Å². The highest BCUT2D eigenvalue weighted by molar-refractivity contribution is 7.99. The van der Waals surface area contributed by atoms with Gasteiger partial charge < -0.3 is 0 Å². The summed E-state index contributed by atoms with van der Waals surface area (Å²) in [6.07, 6.45) is 1.38. The Kier molecular flexibility index (Phi) is 2.91. The molecule has 12 heavy (non-hydrogen) atoms. The normalized spacial score (nSPS) is 34.2. The molecule has 0 aromatic heterocycles. The van der Waals surface area contributed by atoms with Gasteiger partial charge in [-0.1, -0.05) is 0 Å². The average Bonchev–Trinajstić information content (AvgIpc) is 2.58. The van der Waals surface area contributed by atoms with E-state index >= 15 is 0 Å². The van der Waals surface area contributed by atoms with Crippen molar-refractivity contribution in [3.8, 4) is 0 Å². The maximum absolute atomic E-state index is 5.70. The summed E-state index contributed by atoms with van der Waals surface area (Å²) in [5, 5.41) is 1.93. The smallest absolute Gasteiger partial charge is 0.0257 e. The molecule has 2 aliphatic heterocycles. The van der Waals surface area contributed by atoms with Crippen LogP contribution < -0.4 is 5.84 Å². The molecule has 0 bridgehead atoms. The summed E-state index contributed by atoms with van der Waals surface area (Å²) in [5.41, 5.74) is 0. The number of hydrogen-bond acceptors (Lipinski definition) is 4. The first kappa shape index (κ1) is 8.81. The van der Waals surface area contributed by atoms with E-state index in [0.29, 0.717) is 0 Å². The highest BCUT2D eigenvalue weighted by atomic mass is 32.2. The third kappa shape index (κ3) is 1.93. The number of hydrazine groups is 1. The molecular weight excluding hydrogens is 170 g/mol. The molecule has 0 aromatic carbocycles. The molecule has 0 unspecified atom stereocenters. The minimum Gasteiger partial charge on any atom is -0.297 e. The zero-order chi connectivity index (χ0) is 8.39. The van der Waals surface area contributed by atoms with E-state index in [1.165, 1.54) is 31.0 Å². The second-order valence-electron chi connectivity index (χ2n) is 3.59. The summed E-state index contributed by atoms with van der Waals surface area (Å²) in [7, 11) is 0. The molecule has 0 spiro atoms. The predicted molar refractivity (Wildman–Crippen MR) is 53.1 cm³/mol. The van der Waals surface area contributed by atoms with Gasteiger partial charge in [0.15, 0.2) is 0 Å². The van der Waals surface area contributed by atoms with Crippen LogP contribution in [0.3, 0.4) is 0 Å². The molecule has 0 radical (unpaired) electrons. The van der Waals surface area contributed by atoms with E-state index in [4.69, 9.17) is 5.84 Å². The van der Waals surface area contributed by atoms with Crippen LogP contribution in [0.4, 0.5) is 0 Å². The first-order chi connectivity index (χ1) is 5.86. The molecule has 0 amide bonds. The van der Waals surface area contributed by atoms with E-state index < -0.39 is 0 Å². The number of rotatable bonds is 1. The molecule has 4 heteroatoms. The Bertz CT molecular complexity index is 139. The standard InChI is InChI=1S/C8H17N3S/c9-11-4-2-10(3-5-11)8-1-6-12-7-8/h8H,1-7,9H2/t8-/m0/s1. The second-order valence-corrected chi connectivity index (χ2v) is 4.74. The van der Waals surface area contributed by atoms with Gasteiger partial charge in [0.1, 0.15) is 0 Å². The Morgan fingerprint density at radius 3 is 2.50 bits per heavy atom. The second kappa shape index (κ2) is 3.96. The van der Waals surface area contributed by atoms with E-state index in [-0.39, 0.29) is 0 Å². The van der Waals surface area contributed by atoms with Crippen LogP contribution in [0.1, 0.15) is 6.42 Å². The first-order valence-electron chi connectivity index (χ1n) is 4.68. The van der Waals surface area contributed by atoms with Crippen molar-refractivity contribution in [1.29, 1.82) is 0 Å². The summed E-state index contributed by atoms with van der Waals surface area (Å²) in [4.78, 5) is 2.60. The van der Waals surface area contributed by atoms with Crippen molar-refractivity contribution in [3.05, 3.63) is 0 Å². The summed E-state index contributed by atoms with van der Waals surface area (Å²) in [5.74, 6) is 8.39. The Hall–Kier alpha value is 0.230. The van der Waals surface area contributed by atoms with Crippen LogP contribution in [0.25, 0.3) is 0 Å². The fourth-order valence-corrected chi connectivity index (χ4v) is 3.17. The third-order valence-electron chi connectivity index (χ3n) is 2.77. The molecule has 3 nitrogen and oxygen atoms in total. The Balaban J connectivity index is 1.80. The molecule has 2 heterocycles. The molecule has 2 aliphatic rings. The number of hydrogen-bond donors (Lipinski definition) is 1. The zero-order valence-electron chi connectivity index (χ0n) is 7.41. The number of nitrogens with zero attached hydrogens (tertiary/aromatic N) is 2. The van der Waals surface area contributed by atoms with Crippen LogP contribution in [-0.4, -0.2) is 53.6 Å². The van der Waals surface area contributed by atoms with Crippen molar-refractivity contribution in [3.63, 3.8) is 0 Å². The summed E-state index contributed by atoms with van der Waals surface area (Å²) in [6.45, 7) is 4.42. The van der Waals surface area contributed by atoms with Crippen molar-refractivity contribution in [1.82, 2.24) is 9.91 Å². The van der Waals surface area contributed by atoms with Gasteiger partial charge in [-0.15, -0.1) is 0 Å². The largest absolute Gasteiger partial charge is 0.297 e. The molecule has 0 saturated carbocycles. The average molecular weight is 187 g/mol. The highest BCUT2D eigenvalue weighted by Gasteiger charge is 2.25. The van der Waals surface area contributed by atoms with Crippen molar-refractivity contribution >= 4 is 11.8 Å². The molecule has 2 fully saturated rings. The fourth-order valence-electron chi connectivity index (χ4n) is 1.91. The van der Waals surface area contributed by atoms with Gasteiger partial charge >= 0.3 is 0 Å². The Morgan fingerprint density at radius 1 is 1.17 bits per heavy atom. The molecular formula is C8H17N3S. The lowest BCUT2D eigenvalue weighted by molar-refractivity contribution is 0.105. The van der Waals surface area contributed by atoms with Crippen molar-refractivity contribution in [2.75, 3.05) is 37.7 Å². The van der Waals surface area contributed by atoms with Crippen LogP contribution >= 0.6 is 11.8 Å². The first-order valence-corrected chi connectivity index (χ1v) is 5.83. The highest BCUT2D eigenvalue weighted by Crippen LogP contribution is 2.22. The lowest BCUT2D eigenvalue weighted by Gasteiger charge is -2.35. The van der Waals surface area contributed by atoms with Gasteiger partial charge in [-0.05, 0) is 12.2 Å². The number of piperazine rings is 1. The van der Waals surface area contributed by atoms with Crippen LogP contribution in [0.2, 0.25) is 0 Å². The molecule has 2 saturated heterocycles. The van der Waals surface area contributed by atoms with Gasteiger partial charge in [-0.25, -0.2) is 5.01 Å². The van der Waals surface area contributed by atoms with Gasteiger partial charge in [0.2, 0.25) is 0 Å². The zero-order valence-corrected chi connectivity index (χ0v) is 8.22. The van der Waals surface area contributed by atoms with E-state index in [9.17, 15) is 0 Å². The SMILES string of the molecule is NN1CCN([C@H]2CCSC2)CC1. The van der Waals surface area contributed by atoms with Crippen molar-refractivity contribution in [2.45, 2.75) is 12.5 Å². The Morgan fingerprint density at radius 2 is 1.92 bits per heavy atom.